The maximum atomic E-state index is 12.9. The molecule has 9 heteroatoms. The average Bonchev–Trinajstić information content (AvgIpc) is 3.16. The monoisotopic (exact) mass is 378 g/mol. The lowest BCUT2D eigenvalue weighted by Gasteiger charge is -2.29. The van der Waals surface area contributed by atoms with Crippen LogP contribution in [0.2, 0.25) is 0 Å². The summed E-state index contributed by atoms with van der Waals surface area (Å²) >= 11 is 0. The lowest BCUT2D eigenvalue weighted by molar-refractivity contribution is -0.157. The van der Waals surface area contributed by atoms with E-state index in [2.05, 4.69) is 10.3 Å². The van der Waals surface area contributed by atoms with Gasteiger partial charge in [-0.3, -0.25) is 19.6 Å². The number of hydrogen-bond donors (Lipinski definition) is 2. The van der Waals surface area contributed by atoms with Crippen LogP contribution in [0.1, 0.15) is 26.2 Å². The maximum Gasteiger partial charge on any atom is 0.252 e. The van der Waals surface area contributed by atoms with E-state index in [-0.39, 0.29) is 31.2 Å². The predicted octanol–water partition coefficient (Wildman–Crippen LogP) is 1.58. The van der Waals surface area contributed by atoms with Gasteiger partial charge in [0.15, 0.2) is 0 Å². The maximum absolute atomic E-state index is 12.9. The molecule has 2 N–H and O–H groups in total. The van der Waals surface area contributed by atoms with E-state index in [4.69, 9.17) is 0 Å². The number of unbranched alkanes of at least 4 members (excludes halogenated alkanes) is 1. The van der Waals surface area contributed by atoms with Gasteiger partial charge in [0.25, 0.3) is 5.91 Å². The number of hydrogen-bond acceptors (Lipinski definition) is 5. The quantitative estimate of drug-likeness (QED) is 0.294. The third-order valence-electron chi connectivity index (χ3n) is 4.27. The van der Waals surface area contributed by atoms with E-state index in [0.29, 0.717) is 11.5 Å². The van der Waals surface area contributed by atoms with E-state index in [1.54, 1.807) is 12.2 Å². The number of aromatic nitrogens is 1. The Labute approximate surface area is 156 Å². The molecule has 1 aliphatic rings. The molecule has 0 radical (unpaired) electrons. The molecule has 8 nitrogen and oxygen atoms in total. The highest BCUT2D eigenvalue weighted by atomic mass is 19.1. The van der Waals surface area contributed by atoms with Crippen LogP contribution < -0.4 is 5.32 Å². The zero-order valence-electron chi connectivity index (χ0n) is 15.0. The molecule has 0 fully saturated rings. The van der Waals surface area contributed by atoms with Gasteiger partial charge in [-0.2, -0.15) is 0 Å². The molecule has 0 saturated carbocycles. The Morgan fingerprint density at radius 1 is 1.52 bits per heavy atom. The molecule has 1 aliphatic heterocycles. The largest absolute Gasteiger partial charge is 0.323 e. The summed E-state index contributed by atoms with van der Waals surface area (Å²) in [6, 6.07) is 1.67. The highest BCUT2D eigenvalue weighted by Crippen LogP contribution is 2.20. The van der Waals surface area contributed by atoms with Crippen LogP contribution in [-0.2, 0) is 14.4 Å². The van der Waals surface area contributed by atoms with Gasteiger partial charge in [0.05, 0.1) is 18.7 Å². The van der Waals surface area contributed by atoms with Crippen LogP contribution in [0.4, 0.5) is 10.2 Å². The number of pyridine rings is 1. The first kappa shape index (κ1) is 20.5. The Morgan fingerprint density at radius 2 is 2.30 bits per heavy atom. The van der Waals surface area contributed by atoms with Crippen LogP contribution in [-0.4, -0.2) is 57.5 Å². The molecule has 0 aliphatic carbocycles. The number of nitrogens with zero attached hydrogens (tertiary/aromatic N) is 3. The summed E-state index contributed by atoms with van der Waals surface area (Å²) in [5.41, 5.74) is 0. The third-order valence-corrected chi connectivity index (χ3v) is 4.27. The molecule has 0 spiro atoms. The fourth-order valence-corrected chi connectivity index (χ4v) is 2.87. The number of halogens is 1. The van der Waals surface area contributed by atoms with Gasteiger partial charge >= 0.3 is 0 Å². The summed E-state index contributed by atoms with van der Waals surface area (Å²) in [7, 11) is 0. The zero-order valence-corrected chi connectivity index (χ0v) is 15.0. The number of amides is 3. The van der Waals surface area contributed by atoms with Crippen molar-refractivity contribution in [3.63, 3.8) is 0 Å². The zero-order chi connectivity index (χ0) is 19.8. The molecule has 1 aromatic rings. The van der Waals surface area contributed by atoms with Crippen molar-refractivity contribution in [2.24, 2.45) is 5.92 Å². The molecule has 3 amide bonds. The van der Waals surface area contributed by atoms with E-state index in [1.807, 2.05) is 6.92 Å². The standard InChI is InChI=1S/C18H23FN4O4/c1-2-3-5-13(11-22(27)12-24)18(26)23-9-4-6-15(23)17(25)21-16-8-7-14(19)10-20-16/h4,6-8,10,12-13,15,27H,2-3,5,9,11H2,1H3,(H,20,21,25)/t13-,15+/m1/s1. The van der Waals surface area contributed by atoms with Crippen molar-refractivity contribution in [2.75, 3.05) is 18.4 Å². The van der Waals surface area contributed by atoms with E-state index in [9.17, 15) is 24.0 Å². The van der Waals surface area contributed by atoms with E-state index in [0.717, 1.165) is 19.0 Å². The lowest BCUT2D eigenvalue weighted by Crippen LogP contribution is -2.48. The van der Waals surface area contributed by atoms with E-state index >= 15 is 0 Å². The van der Waals surface area contributed by atoms with Gasteiger partial charge in [0.1, 0.15) is 17.7 Å². The number of carbonyl (C=O) groups is 3. The molecule has 0 bridgehead atoms. The number of nitrogens with one attached hydrogen (secondary N) is 1. The van der Waals surface area contributed by atoms with Crippen LogP contribution in [0.3, 0.4) is 0 Å². The van der Waals surface area contributed by atoms with Gasteiger partial charge in [-0.05, 0) is 18.6 Å². The number of carbonyl (C=O) groups excluding carboxylic acids is 3. The van der Waals surface area contributed by atoms with Gasteiger partial charge in [-0.25, -0.2) is 14.4 Å². The molecule has 146 valence electrons. The van der Waals surface area contributed by atoms with Crippen molar-refractivity contribution in [3.8, 4) is 0 Å². The second kappa shape index (κ2) is 9.77. The lowest BCUT2D eigenvalue weighted by atomic mass is 9.99. The Kier molecular flexibility index (Phi) is 7.42. The first-order chi connectivity index (χ1) is 13.0. The molecule has 2 rings (SSSR count). The fourth-order valence-electron chi connectivity index (χ4n) is 2.87. The van der Waals surface area contributed by atoms with Crippen LogP contribution >= 0.6 is 0 Å². The molecule has 0 saturated heterocycles. The molecule has 27 heavy (non-hydrogen) atoms. The summed E-state index contributed by atoms with van der Waals surface area (Å²) in [6.07, 6.45) is 6.63. The second-order valence-electron chi connectivity index (χ2n) is 6.28. The van der Waals surface area contributed by atoms with Crippen LogP contribution in [0.15, 0.2) is 30.5 Å². The molecule has 0 aromatic carbocycles. The SMILES string of the molecule is CCCC[C@H](CN(O)C=O)C(=O)N1CC=C[C@H]1C(=O)Nc1ccc(F)cn1. The van der Waals surface area contributed by atoms with Crippen molar-refractivity contribution in [3.05, 3.63) is 36.3 Å². The van der Waals surface area contributed by atoms with Gasteiger partial charge in [0, 0.05) is 6.54 Å². The average molecular weight is 378 g/mol. The van der Waals surface area contributed by atoms with Crippen molar-refractivity contribution in [1.29, 1.82) is 0 Å². The van der Waals surface area contributed by atoms with Crippen LogP contribution in [0, 0.1) is 11.7 Å². The highest BCUT2D eigenvalue weighted by molar-refractivity contribution is 5.98. The summed E-state index contributed by atoms with van der Waals surface area (Å²) in [5.74, 6) is -1.74. The third kappa shape index (κ3) is 5.58. The topological polar surface area (TPSA) is 103 Å². The summed E-state index contributed by atoms with van der Waals surface area (Å²) in [5, 5.41) is 12.5. The van der Waals surface area contributed by atoms with Crippen molar-refractivity contribution in [2.45, 2.75) is 32.2 Å². The minimum Gasteiger partial charge on any atom is -0.323 e. The Morgan fingerprint density at radius 3 is 2.93 bits per heavy atom. The van der Waals surface area contributed by atoms with E-state index in [1.165, 1.54) is 17.0 Å². The minimum absolute atomic E-state index is 0.132. The Hall–Kier alpha value is -2.81. The van der Waals surface area contributed by atoms with E-state index < -0.39 is 23.7 Å². The minimum atomic E-state index is -0.836. The molecule has 2 heterocycles. The predicted molar refractivity (Wildman–Crippen MR) is 95.0 cm³/mol. The normalized spacial score (nSPS) is 16.9. The van der Waals surface area contributed by atoms with Gasteiger partial charge in [-0.1, -0.05) is 31.9 Å². The van der Waals surface area contributed by atoms with Crippen LogP contribution in [0.25, 0.3) is 0 Å². The molecule has 2 atom stereocenters. The summed E-state index contributed by atoms with van der Waals surface area (Å²) in [4.78, 5) is 41.3. The fraction of sp³-hybridized carbons (Fsp3) is 0.444. The first-order valence-electron chi connectivity index (χ1n) is 8.76. The van der Waals surface area contributed by atoms with Crippen molar-refractivity contribution >= 4 is 24.0 Å². The molecule has 1 aromatic heterocycles. The number of anilines is 1. The Bertz CT molecular complexity index is 695. The second-order valence-corrected chi connectivity index (χ2v) is 6.28. The molecular weight excluding hydrogens is 355 g/mol. The molecule has 0 unspecified atom stereocenters. The van der Waals surface area contributed by atoms with Crippen molar-refractivity contribution in [1.82, 2.24) is 14.9 Å². The number of rotatable bonds is 9. The molecular formula is C18H23FN4O4. The van der Waals surface area contributed by atoms with Gasteiger partial charge < -0.3 is 10.2 Å². The first-order valence-corrected chi connectivity index (χ1v) is 8.76. The van der Waals surface area contributed by atoms with Gasteiger partial charge in [0.2, 0.25) is 12.3 Å². The smallest absolute Gasteiger partial charge is 0.252 e. The summed E-state index contributed by atoms with van der Waals surface area (Å²) < 4.78 is 12.9. The number of hydroxylamine groups is 2. The van der Waals surface area contributed by atoms with Crippen LogP contribution in [0.5, 0.6) is 0 Å². The highest BCUT2D eigenvalue weighted by Gasteiger charge is 2.34. The van der Waals surface area contributed by atoms with Gasteiger partial charge in [-0.15, -0.1) is 0 Å². The summed E-state index contributed by atoms with van der Waals surface area (Å²) in [6.45, 7) is 2.09. The Balaban J connectivity index is 2.07. The van der Waals surface area contributed by atoms with Crippen molar-refractivity contribution < 1.29 is 24.0 Å².